The molecule has 0 radical (unpaired) electrons. The lowest BCUT2D eigenvalue weighted by Gasteiger charge is -2.19. The van der Waals surface area contributed by atoms with E-state index in [-0.39, 0.29) is 29.7 Å². The molecule has 2 aliphatic rings. The maximum absolute atomic E-state index is 12.3. The first kappa shape index (κ1) is 21.9. The molecule has 3 rings (SSSR count). The normalized spacial score (nSPS) is 21.3. The zero-order valence-corrected chi connectivity index (χ0v) is 17.4. The molecule has 0 saturated carbocycles. The second-order valence-corrected chi connectivity index (χ2v) is 8.52. The van der Waals surface area contributed by atoms with E-state index in [9.17, 15) is 9.59 Å². The van der Waals surface area contributed by atoms with E-state index in [1.54, 1.807) is 17.2 Å². The highest BCUT2D eigenvalue weighted by atomic mass is 32.2. The Bertz CT molecular complexity index is 667. The topological polar surface area (TPSA) is 103 Å². The molecule has 9 heteroatoms. The number of hydroxylamine groups is 2. The molecule has 4 N–H and O–H groups in total. The van der Waals surface area contributed by atoms with Crippen LogP contribution in [0, 0.1) is 0 Å². The Morgan fingerprint density at radius 3 is 2.66 bits per heavy atom. The molecule has 0 spiro atoms. The zero-order chi connectivity index (χ0) is 20.5. The van der Waals surface area contributed by atoms with Gasteiger partial charge in [0.25, 0.3) is 5.91 Å². The van der Waals surface area contributed by atoms with Crippen molar-refractivity contribution in [3.63, 3.8) is 0 Å². The summed E-state index contributed by atoms with van der Waals surface area (Å²) in [6.07, 6.45) is 5.00. The number of nitrogens with one attached hydrogen (secondary N) is 3. The third-order valence-corrected chi connectivity index (χ3v) is 6.44. The molecule has 2 unspecified atom stereocenters. The van der Waals surface area contributed by atoms with Crippen LogP contribution in [0.1, 0.15) is 50.1 Å². The largest absolute Gasteiger partial charge is 0.372 e. The molecule has 2 atom stereocenters. The number of carbonyl (C=O) groups is 2. The van der Waals surface area contributed by atoms with Crippen LogP contribution in [0.4, 0.5) is 5.69 Å². The van der Waals surface area contributed by atoms with E-state index in [1.165, 1.54) is 24.1 Å². The Hall–Kier alpha value is -1.81. The van der Waals surface area contributed by atoms with Crippen molar-refractivity contribution in [1.82, 2.24) is 16.3 Å². The molecule has 2 amide bonds. The van der Waals surface area contributed by atoms with E-state index >= 15 is 0 Å². The van der Waals surface area contributed by atoms with Crippen molar-refractivity contribution in [3.8, 4) is 0 Å². The summed E-state index contributed by atoms with van der Waals surface area (Å²) in [6, 6.07) is 8.81. The summed E-state index contributed by atoms with van der Waals surface area (Å²) in [5, 5.41) is 11.4. The third-order valence-electron chi connectivity index (χ3n) is 5.23. The number of unbranched alkanes of at least 4 members (excludes halogenated alkanes) is 2. The van der Waals surface area contributed by atoms with Crippen LogP contribution in [-0.2, 0) is 14.4 Å². The van der Waals surface area contributed by atoms with Gasteiger partial charge in [0.05, 0.1) is 6.61 Å². The maximum Gasteiger partial charge on any atom is 0.271 e. The molecule has 160 valence electrons. The van der Waals surface area contributed by atoms with Gasteiger partial charge in [0.1, 0.15) is 5.37 Å². The summed E-state index contributed by atoms with van der Waals surface area (Å²) >= 11 is 1.58. The predicted octanol–water partition coefficient (Wildman–Crippen LogP) is 2.10. The molecule has 0 bridgehead atoms. The van der Waals surface area contributed by atoms with Crippen LogP contribution < -0.4 is 21.2 Å². The van der Waals surface area contributed by atoms with Gasteiger partial charge in [-0.1, -0.05) is 18.6 Å². The molecule has 2 saturated heterocycles. The predicted molar refractivity (Wildman–Crippen MR) is 113 cm³/mol. The van der Waals surface area contributed by atoms with Crippen LogP contribution in [0.3, 0.4) is 0 Å². The number of nitrogens with zero attached hydrogens (tertiary/aromatic N) is 1. The number of rotatable bonds is 10. The summed E-state index contributed by atoms with van der Waals surface area (Å²) < 4.78 is 0. The average Bonchev–Trinajstić information content (AvgIpc) is 3.45. The lowest BCUT2D eigenvalue weighted by Crippen LogP contribution is -2.39. The van der Waals surface area contributed by atoms with E-state index in [4.69, 9.17) is 10.0 Å². The van der Waals surface area contributed by atoms with Gasteiger partial charge in [0.15, 0.2) is 0 Å². The van der Waals surface area contributed by atoms with E-state index in [0.717, 1.165) is 31.7 Å². The maximum atomic E-state index is 12.3. The summed E-state index contributed by atoms with van der Waals surface area (Å²) in [4.78, 5) is 30.8. The minimum absolute atomic E-state index is 0.154. The molecule has 0 aromatic heterocycles. The van der Waals surface area contributed by atoms with Crippen molar-refractivity contribution in [2.75, 3.05) is 30.3 Å². The van der Waals surface area contributed by atoms with Gasteiger partial charge < -0.3 is 4.90 Å². The Labute approximate surface area is 175 Å². The fourth-order valence-electron chi connectivity index (χ4n) is 3.58. The second kappa shape index (κ2) is 11.4. The van der Waals surface area contributed by atoms with Gasteiger partial charge in [-0.2, -0.15) is 0 Å². The van der Waals surface area contributed by atoms with Gasteiger partial charge in [0, 0.05) is 37.0 Å². The average molecular weight is 423 g/mol. The smallest absolute Gasteiger partial charge is 0.271 e. The molecule has 0 aliphatic carbocycles. The van der Waals surface area contributed by atoms with Crippen LogP contribution in [0.2, 0.25) is 0 Å². The molecule has 2 heterocycles. The minimum Gasteiger partial charge on any atom is -0.372 e. The number of hydrogen-bond donors (Lipinski definition) is 4. The number of amides is 2. The first-order valence-corrected chi connectivity index (χ1v) is 11.3. The molecule has 8 nitrogen and oxygen atoms in total. The van der Waals surface area contributed by atoms with Crippen molar-refractivity contribution in [1.29, 1.82) is 0 Å². The molecule has 2 aliphatic heterocycles. The fraction of sp³-hybridized carbons (Fsp3) is 0.600. The van der Waals surface area contributed by atoms with Gasteiger partial charge >= 0.3 is 0 Å². The van der Waals surface area contributed by atoms with Crippen molar-refractivity contribution < 1.29 is 19.6 Å². The summed E-state index contributed by atoms with van der Waals surface area (Å²) in [6.45, 7) is 2.67. The lowest BCUT2D eigenvalue weighted by molar-refractivity contribution is -0.133. The second-order valence-electron chi connectivity index (χ2n) is 7.38. The van der Waals surface area contributed by atoms with E-state index < -0.39 is 0 Å². The highest BCUT2D eigenvalue weighted by molar-refractivity contribution is 8.00. The number of thioether (sulfide) groups is 1. The Balaban J connectivity index is 1.32. The van der Waals surface area contributed by atoms with Crippen molar-refractivity contribution >= 4 is 29.3 Å². The highest BCUT2D eigenvalue weighted by Gasteiger charge is 2.30. The quantitative estimate of drug-likeness (QED) is 0.260. The number of anilines is 1. The molecule has 1 aromatic carbocycles. The third kappa shape index (κ3) is 6.60. The summed E-state index contributed by atoms with van der Waals surface area (Å²) in [7, 11) is 0. The lowest BCUT2D eigenvalue weighted by atomic mass is 10.1. The SMILES string of the molecule is O=C(CCCCCONC(=O)C1NC(c2ccc(N3CCCC3)cc2)CS1)NO. The van der Waals surface area contributed by atoms with Crippen LogP contribution in [0.15, 0.2) is 24.3 Å². The number of hydrogen-bond acceptors (Lipinski definition) is 7. The molecule has 2 fully saturated rings. The summed E-state index contributed by atoms with van der Waals surface area (Å²) in [5.74, 6) is 0.281. The Kier molecular flexibility index (Phi) is 8.60. The Morgan fingerprint density at radius 1 is 1.17 bits per heavy atom. The molecular formula is C20H30N4O4S. The highest BCUT2D eigenvalue weighted by Crippen LogP contribution is 2.30. The monoisotopic (exact) mass is 422 g/mol. The van der Waals surface area contributed by atoms with Crippen LogP contribution in [0.25, 0.3) is 0 Å². The number of benzene rings is 1. The van der Waals surface area contributed by atoms with Crippen molar-refractivity contribution in [2.45, 2.75) is 49.9 Å². The van der Waals surface area contributed by atoms with Crippen LogP contribution >= 0.6 is 11.8 Å². The van der Waals surface area contributed by atoms with Crippen molar-refractivity contribution in [3.05, 3.63) is 29.8 Å². The molecule has 29 heavy (non-hydrogen) atoms. The zero-order valence-electron chi connectivity index (χ0n) is 16.6. The van der Waals surface area contributed by atoms with E-state index in [1.807, 2.05) is 0 Å². The number of carbonyl (C=O) groups excluding carboxylic acids is 2. The van der Waals surface area contributed by atoms with Gasteiger partial charge in [-0.15, -0.1) is 11.8 Å². The van der Waals surface area contributed by atoms with Gasteiger partial charge in [-0.25, -0.2) is 11.0 Å². The summed E-state index contributed by atoms with van der Waals surface area (Å²) in [5.41, 5.74) is 6.58. The first-order chi connectivity index (χ1) is 14.2. The molecule has 1 aromatic rings. The minimum atomic E-state index is -0.385. The van der Waals surface area contributed by atoms with E-state index in [0.29, 0.717) is 13.0 Å². The fourth-order valence-corrected chi connectivity index (χ4v) is 4.71. The van der Waals surface area contributed by atoms with Crippen LogP contribution in [-0.4, -0.2) is 47.8 Å². The van der Waals surface area contributed by atoms with Crippen LogP contribution in [0.5, 0.6) is 0 Å². The van der Waals surface area contributed by atoms with Gasteiger partial charge in [-0.3, -0.25) is 25.0 Å². The van der Waals surface area contributed by atoms with Gasteiger partial charge in [0.2, 0.25) is 5.91 Å². The van der Waals surface area contributed by atoms with E-state index in [2.05, 4.69) is 40.0 Å². The standard InChI is InChI=1S/C20H30N4O4S/c25-18(22-27)6-2-1-5-13-28-23-19(26)20-21-17(14-29-20)15-7-9-16(10-8-15)24-11-3-4-12-24/h7-10,17,20-21,27H,1-6,11-14H2,(H,22,25)(H,23,26). The first-order valence-electron chi connectivity index (χ1n) is 10.2. The van der Waals surface area contributed by atoms with Crippen molar-refractivity contribution in [2.24, 2.45) is 0 Å². The Morgan fingerprint density at radius 2 is 1.93 bits per heavy atom. The van der Waals surface area contributed by atoms with Gasteiger partial charge in [-0.05, 0) is 43.4 Å². The molecular weight excluding hydrogens is 392 g/mol.